The van der Waals surface area contributed by atoms with Gasteiger partial charge in [-0.3, -0.25) is 9.69 Å². The molecule has 1 unspecified atom stereocenters. The second-order valence-corrected chi connectivity index (χ2v) is 4.30. The number of hydrogen-bond acceptors (Lipinski definition) is 3. The third-order valence-electron chi connectivity index (χ3n) is 2.84. The van der Waals surface area contributed by atoms with Crippen molar-refractivity contribution in [3.8, 4) is 0 Å². The van der Waals surface area contributed by atoms with Crippen molar-refractivity contribution in [2.45, 2.75) is 25.6 Å². The first-order valence-corrected chi connectivity index (χ1v) is 5.41. The molecule has 1 aromatic rings. The molecule has 1 atom stereocenters. The second-order valence-electron chi connectivity index (χ2n) is 4.30. The Morgan fingerprint density at radius 3 is 2.44 bits per heavy atom. The molecule has 1 aliphatic heterocycles. The van der Waals surface area contributed by atoms with Gasteiger partial charge in [-0.2, -0.15) is 0 Å². The highest BCUT2D eigenvalue weighted by Crippen LogP contribution is 2.21. The number of fused-ring (bicyclic) bond motifs is 1. The lowest BCUT2D eigenvalue weighted by atomic mass is 10.1. The number of hydrogen-bond donors (Lipinski definition) is 2. The van der Waals surface area contributed by atoms with Crippen LogP contribution in [0, 0.1) is 0 Å². The predicted molar refractivity (Wildman–Crippen MR) is 60.8 cm³/mol. The molecule has 0 aromatic heterocycles. The fraction of sp³-hybridized carbons (Fsp3) is 0.417. The number of carbonyl (C=O) groups is 1. The van der Waals surface area contributed by atoms with Crippen LogP contribution in [0.2, 0.25) is 0 Å². The Hall–Kier alpha value is -1.39. The van der Waals surface area contributed by atoms with Gasteiger partial charge in [-0.05, 0) is 11.1 Å². The number of rotatable bonds is 4. The third-order valence-corrected chi connectivity index (χ3v) is 2.84. The Morgan fingerprint density at radius 1 is 1.38 bits per heavy atom. The van der Waals surface area contributed by atoms with E-state index >= 15 is 0 Å². The minimum absolute atomic E-state index is 0.0346. The largest absolute Gasteiger partial charge is 0.481 e. The van der Waals surface area contributed by atoms with E-state index in [-0.39, 0.29) is 12.5 Å². The monoisotopic (exact) mass is 220 g/mol. The molecule has 3 N–H and O–H groups in total. The van der Waals surface area contributed by atoms with Crippen LogP contribution in [0.4, 0.5) is 0 Å². The van der Waals surface area contributed by atoms with Gasteiger partial charge < -0.3 is 10.8 Å². The Balaban J connectivity index is 1.89. The fourth-order valence-corrected chi connectivity index (χ4v) is 2.15. The Kier molecular flexibility index (Phi) is 3.22. The van der Waals surface area contributed by atoms with Gasteiger partial charge in [0.1, 0.15) is 0 Å². The molecule has 1 aromatic carbocycles. The van der Waals surface area contributed by atoms with Gasteiger partial charge in [0.25, 0.3) is 0 Å². The van der Waals surface area contributed by atoms with E-state index in [1.165, 1.54) is 11.1 Å². The maximum Gasteiger partial charge on any atom is 0.304 e. The molecule has 0 saturated heterocycles. The third kappa shape index (κ3) is 2.59. The van der Waals surface area contributed by atoms with Crippen LogP contribution in [0.1, 0.15) is 17.5 Å². The van der Waals surface area contributed by atoms with E-state index in [0.717, 1.165) is 13.1 Å². The lowest BCUT2D eigenvalue weighted by molar-refractivity contribution is -0.137. The molecule has 0 radical (unpaired) electrons. The summed E-state index contributed by atoms with van der Waals surface area (Å²) in [7, 11) is 0. The summed E-state index contributed by atoms with van der Waals surface area (Å²) < 4.78 is 0. The van der Waals surface area contributed by atoms with E-state index in [2.05, 4.69) is 17.0 Å². The number of nitrogens with two attached hydrogens (primary N) is 1. The van der Waals surface area contributed by atoms with E-state index in [1.807, 2.05) is 12.1 Å². The molecule has 1 aliphatic rings. The van der Waals surface area contributed by atoms with Crippen molar-refractivity contribution in [1.29, 1.82) is 0 Å². The van der Waals surface area contributed by atoms with Crippen molar-refractivity contribution in [3.05, 3.63) is 35.4 Å². The van der Waals surface area contributed by atoms with Crippen molar-refractivity contribution in [2.24, 2.45) is 5.73 Å². The normalized spacial score (nSPS) is 17.1. The van der Waals surface area contributed by atoms with Crippen LogP contribution in [0.25, 0.3) is 0 Å². The molecule has 0 bridgehead atoms. The molecule has 0 amide bonds. The number of benzene rings is 1. The van der Waals surface area contributed by atoms with Crippen LogP contribution in [0.3, 0.4) is 0 Å². The van der Waals surface area contributed by atoms with Gasteiger partial charge >= 0.3 is 5.97 Å². The SMILES string of the molecule is NC(CC(=O)O)CN1Cc2ccccc2C1. The Bertz CT molecular complexity index is 367. The summed E-state index contributed by atoms with van der Waals surface area (Å²) in [5.74, 6) is -0.829. The molecule has 86 valence electrons. The lowest BCUT2D eigenvalue weighted by Gasteiger charge is -2.18. The van der Waals surface area contributed by atoms with Gasteiger partial charge in [-0.25, -0.2) is 0 Å². The molecule has 2 rings (SSSR count). The first-order chi connectivity index (χ1) is 7.65. The summed E-state index contributed by atoms with van der Waals surface area (Å²) in [5, 5.41) is 8.63. The molecule has 16 heavy (non-hydrogen) atoms. The predicted octanol–water partition coefficient (Wildman–Crippen LogP) is 0.804. The fourth-order valence-electron chi connectivity index (χ4n) is 2.15. The summed E-state index contributed by atoms with van der Waals surface area (Å²) in [6.07, 6.45) is 0.0346. The van der Waals surface area contributed by atoms with Crippen LogP contribution in [0.5, 0.6) is 0 Å². The summed E-state index contributed by atoms with van der Waals surface area (Å²) in [4.78, 5) is 12.7. The van der Waals surface area contributed by atoms with Crippen LogP contribution < -0.4 is 5.73 Å². The number of aliphatic carboxylic acids is 1. The summed E-state index contributed by atoms with van der Waals surface area (Å²) in [6, 6.07) is 7.99. The van der Waals surface area contributed by atoms with Gasteiger partial charge in [-0.1, -0.05) is 24.3 Å². The molecular weight excluding hydrogens is 204 g/mol. The summed E-state index contributed by atoms with van der Waals surface area (Å²) in [5.41, 5.74) is 8.42. The second kappa shape index (κ2) is 4.63. The highest BCUT2D eigenvalue weighted by atomic mass is 16.4. The van der Waals surface area contributed by atoms with E-state index in [4.69, 9.17) is 10.8 Å². The Labute approximate surface area is 94.7 Å². The lowest BCUT2D eigenvalue weighted by Crippen LogP contribution is -2.36. The molecule has 0 aliphatic carbocycles. The number of carboxylic acids is 1. The van der Waals surface area contributed by atoms with Crippen LogP contribution in [-0.4, -0.2) is 28.6 Å². The van der Waals surface area contributed by atoms with E-state index in [0.29, 0.717) is 6.54 Å². The van der Waals surface area contributed by atoms with Crippen molar-refractivity contribution >= 4 is 5.97 Å². The first-order valence-electron chi connectivity index (χ1n) is 5.41. The average Bonchev–Trinajstić information content (AvgIpc) is 2.57. The van der Waals surface area contributed by atoms with Gasteiger partial charge in [0.15, 0.2) is 0 Å². The standard InChI is InChI=1S/C12H16N2O2/c13-11(5-12(15)16)8-14-6-9-3-1-2-4-10(9)7-14/h1-4,11H,5-8,13H2,(H,15,16). The van der Waals surface area contributed by atoms with E-state index in [1.54, 1.807) is 0 Å². The van der Waals surface area contributed by atoms with E-state index in [9.17, 15) is 4.79 Å². The van der Waals surface area contributed by atoms with Crippen LogP contribution in [0.15, 0.2) is 24.3 Å². The molecule has 0 spiro atoms. The van der Waals surface area contributed by atoms with Gasteiger partial charge in [-0.15, -0.1) is 0 Å². The van der Waals surface area contributed by atoms with E-state index < -0.39 is 5.97 Å². The molecule has 0 saturated carbocycles. The van der Waals surface area contributed by atoms with Crippen molar-refractivity contribution < 1.29 is 9.90 Å². The van der Waals surface area contributed by atoms with Crippen LogP contribution >= 0.6 is 0 Å². The molecular formula is C12H16N2O2. The maximum atomic E-state index is 10.5. The zero-order valence-electron chi connectivity index (χ0n) is 9.10. The van der Waals surface area contributed by atoms with Crippen molar-refractivity contribution in [1.82, 2.24) is 4.90 Å². The topological polar surface area (TPSA) is 66.6 Å². The van der Waals surface area contributed by atoms with Gasteiger partial charge in [0.05, 0.1) is 6.42 Å². The van der Waals surface area contributed by atoms with Crippen molar-refractivity contribution in [2.75, 3.05) is 6.54 Å². The molecule has 0 fully saturated rings. The first kappa shape index (κ1) is 11.1. The number of carboxylic acid groups (broad SMARTS) is 1. The zero-order valence-corrected chi connectivity index (χ0v) is 9.10. The number of nitrogens with zero attached hydrogens (tertiary/aromatic N) is 1. The highest BCUT2D eigenvalue weighted by Gasteiger charge is 2.20. The summed E-state index contributed by atoms with van der Waals surface area (Å²) >= 11 is 0. The quantitative estimate of drug-likeness (QED) is 0.787. The van der Waals surface area contributed by atoms with Crippen molar-refractivity contribution in [3.63, 3.8) is 0 Å². The van der Waals surface area contributed by atoms with Crippen LogP contribution in [-0.2, 0) is 17.9 Å². The molecule has 4 nitrogen and oxygen atoms in total. The van der Waals surface area contributed by atoms with Gasteiger partial charge in [0, 0.05) is 25.7 Å². The summed E-state index contributed by atoms with van der Waals surface area (Å²) in [6.45, 7) is 2.40. The minimum Gasteiger partial charge on any atom is -0.481 e. The Morgan fingerprint density at radius 2 is 1.94 bits per heavy atom. The highest BCUT2D eigenvalue weighted by molar-refractivity contribution is 5.67. The average molecular weight is 220 g/mol. The maximum absolute atomic E-state index is 10.5. The zero-order chi connectivity index (χ0) is 11.5. The molecule has 4 heteroatoms. The van der Waals surface area contributed by atoms with Gasteiger partial charge in [0.2, 0.25) is 0 Å². The molecule has 1 heterocycles. The smallest absolute Gasteiger partial charge is 0.304 e. The minimum atomic E-state index is -0.829.